The zero-order chi connectivity index (χ0) is 22.7. The molecule has 0 bridgehead atoms. The summed E-state index contributed by atoms with van der Waals surface area (Å²) in [4.78, 5) is 44.0. The van der Waals surface area contributed by atoms with E-state index in [1.807, 2.05) is 29.2 Å². The molecule has 2 aliphatic rings. The van der Waals surface area contributed by atoms with Gasteiger partial charge >= 0.3 is 5.97 Å². The van der Waals surface area contributed by atoms with Crippen molar-refractivity contribution in [1.82, 2.24) is 14.9 Å². The minimum Gasteiger partial charge on any atom is -0.483 e. The number of amides is 1. The van der Waals surface area contributed by atoms with Crippen LogP contribution in [0.15, 0.2) is 47.0 Å². The number of aromatic amines is 1. The van der Waals surface area contributed by atoms with E-state index in [1.165, 1.54) is 0 Å². The van der Waals surface area contributed by atoms with Crippen molar-refractivity contribution in [3.63, 3.8) is 0 Å². The van der Waals surface area contributed by atoms with Crippen molar-refractivity contribution >= 4 is 35.5 Å². The van der Waals surface area contributed by atoms with Crippen molar-refractivity contribution < 1.29 is 29.0 Å². The fourth-order valence-corrected chi connectivity index (χ4v) is 4.82. The van der Waals surface area contributed by atoms with E-state index < -0.39 is 5.97 Å². The van der Waals surface area contributed by atoms with Gasteiger partial charge in [-0.05, 0) is 30.7 Å². The van der Waals surface area contributed by atoms with Crippen LogP contribution in [-0.2, 0) is 9.59 Å². The normalized spacial score (nSPS) is 21.8. The first-order valence-corrected chi connectivity index (χ1v) is 10.3. The van der Waals surface area contributed by atoms with Crippen LogP contribution >= 0.6 is 0 Å². The van der Waals surface area contributed by atoms with E-state index in [0.717, 1.165) is 11.1 Å². The van der Waals surface area contributed by atoms with Gasteiger partial charge in [-0.2, -0.15) is 4.98 Å². The van der Waals surface area contributed by atoms with Gasteiger partial charge in [-0.25, -0.2) is 0 Å². The summed E-state index contributed by atoms with van der Waals surface area (Å²) in [5, 5.41) is 16.2. The molecular weight excluding hydrogens is 416 g/mol. The molecule has 3 N–H and O–H groups in total. The standard InChI is InChI=1S/C21H22N4O4.CH2O2/c26-18(27)7-8-21-12-24(19(28)16-5-3-9-22-16)10-14(21)11-25(13-21)20-23-15-4-1-2-6-17(15)29-20;2-1-3/h1-6,9,14,22H,7-8,10-13H2,(H,26,27);1H,(H,2,3)/t14-,21+;/m1./s1. The summed E-state index contributed by atoms with van der Waals surface area (Å²) in [6.07, 6.45) is 2.35. The van der Waals surface area contributed by atoms with Gasteiger partial charge in [0.25, 0.3) is 18.4 Å². The van der Waals surface area contributed by atoms with Crippen molar-refractivity contribution in [2.24, 2.45) is 11.3 Å². The predicted octanol–water partition coefficient (Wildman–Crippen LogP) is 2.30. The highest BCUT2D eigenvalue weighted by Gasteiger charge is 2.54. The Bertz CT molecular complexity index is 1080. The molecule has 0 unspecified atom stereocenters. The summed E-state index contributed by atoms with van der Waals surface area (Å²) in [7, 11) is 0. The SMILES string of the molecule is O=C(O)CC[C@@]12CN(C(=O)c3ccc[nH]3)C[C@@H]1CN(c1nc3ccccc3o1)C2.O=CO. The Balaban J connectivity index is 0.000000775. The third kappa shape index (κ3) is 4.03. The number of hydrogen-bond acceptors (Lipinski definition) is 6. The van der Waals surface area contributed by atoms with Gasteiger partial charge in [0.1, 0.15) is 11.2 Å². The average molecular weight is 440 g/mol. The van der Waals surface area contributed by atoms with E-state index in [0.29, 0.717) is 44.3 Å². The van der Waals surface area contributed by atoms with Crippen LogP contribution in [0.25, 0.3) is 11.1 Å². The molecule has 4 heterocycles. The monoisotopic (exact) mass is 440 g/mol. The van der Waals surface area contributed by atoms with Crippen LogP contribution in [0.3, 0.4) is 0 Å². The summed E-state index contributed by atoms with van der Waals surface area (Å²) in [5.41, 5.74) is 1.83. The third-order valence-corrected chi connectivity index (χ3v) is 6.26. The van der Waals surface area contributed by atoms with E-state index in [2.05, 4.69) is 14.9 Å². The first-order valence-electron chi connectivity index (χ1n) is 10.3. The fraction of sp³-hybridized carbons (Fsp3) is 0.364. The molecule has 2 saturated heterocycles. The van der Waals surface area contributed by atoms with Crippen molar-refractivity contribution in [2.45, 2.75) is 12.8 Å². The van der Waals surface area contributed by atoms with E-state index in [1.54, 1.807) is 18.3 Å². The number of hydrogen-bond donors (Lipinski definition) is 3. The van der Waals surface area contributed by atoms with Gasteiger partial charge in [0.2, 0.25) is 0 Å². The minimum absolute atomic E-state index is 0.0347. The molecule has 0 saturated carbocycles. The molecule has 168 valence electrons. The number of aromatic nitrogens is 2. The lowest BCUT2D eigenvalue weighted by Crippen LogP contribution is -2.37. The summed E-state index contributed by atoms with van der Waals surface area (Å²) < 4.78 is 5.93. The smallest absolute Gasteiger partial charge is 0.303 e. The molecule has 2 aliphatic heterocycles. The predicted molar refractivity (Wildman–Crippen MR) is 114 cm³/mol. The largest absolute Gasteiger partial charge is 0.483 e. The molecular formula is C22H24N4O6. The lowest BCUT2D eigenvalue weighted by Gasteiger charge is -2.28. The topological polar surface area (TPSA) is 140 Å². The van der Waals surface area contributed by atoms with E-state index in [4.69, 9.17) is 14.3 Å². The van der Waals surface area contributed by atoms with Gasteiger partial charge in [0.15, 0.2) is 5.58 Å². The zero-order valence-electron chi connectivity index (χ0n) is 17.3. The second-order valence-corrected chi connectivity index (χ2v) is 8.17. The van der Waals surface area contributed by atoms with Crippen LogP contribution in [-0.4, -0.2) is 69.6 Å². The van der Waals surface area contributed by atoms with E-state index in [9.17, 15) is 14.7 Å². The number of aliphatic carboxylic acids is 1. The van der Waals surface area contributed by atoms with Crippen molar-refractivity contribution in [2.75, 3.05) is 31.1 Å². The quantitative estimate of drug-likeness (QED) is 0.514. The summed E-state index contributed by atoms with van der Waals surface area (Å²) in [6, 6.07) is 11.8. The molecule has 2 fully saturated rings. The number of H-pyrrole nitrogens is 1. The maximum Gasteiger partial charge on any atom is 0.303 e. The summed E-state index contributed by atoms with van der Waals surface area (Å²) in [5.74, 6) is -0.670. The first-order chi connectivity index (χ1) is 15.5. The van der Waals surface area contributed by atoms with Gasteiger partial charge in [-0.1, -0.05) is 12.1 Å². The number of rotatable bonds is 5. The number of carbonyl (C=O) groups excluding carboxylic acids is 1. The lowest BCUT2D eigenvalue weighted by molar-refractivity contribution is -0.137. The molecule has 10 nitrogen and oxygen atoms in total. The molecule has 0 aliphatic carbocycles. The summed E-state index contributed by atoms with van der Waals surface area (Å²) >= 11 is 0. The number of benzene rings is 1. The number of carboxylic acids is 1. The lowest BCUT2D eigenvalue weighted by atomic mass is 9.77. The van der Waals surface area contributed by atoms with Gasteiger partial charge in [0, 0.05) is 50.1 Å². The van der Waals surface area contributed by atoms with Crippen molar-refractivity contribution in [3.05, 3.63) is 48.3 Å². The van der Waals surface area contributed by atoms with E-state index in [-0.39, 0.29) is 30.1 Å². The molecule has 1 aromatic carbocycles. The number of fused-ring (bicyclic) bond motifs is 2. The Hall–Kier alpha value is -3.82. The second kappa shape index (κ2) is 8.74. The Morgan fingerprint density at radius 1 is 1.22 bits per heavy atom. The number of nitrogens with one attached hydrogen (secondary N) is 1. The number of para-hydroxylation sites is 2. The van der Waals surface area contributed by atoms with Gasteiger partial charge in [-0.15, -0.1) is 0 Å². The molecule has 3 aromatic rings. The highest BCUT2D eigenvalue weighted by Crippen LogP contribution is 2.47. The average Bonchev–Trinajstić information content (AvgIpc) is 3.54. The fourth-order valence-electron chi connectivity index (χ4n) is 4.82. The highest BCUT2D eigenvalue weighted by molar-refractivity contribution is 5.92. The first kappa shape index (κ1) is 21.4. The molecule has 32 heavy (non-hydrogen) atoms. The highest BCUT2D eigenvalue weighted by atomic mass is 16.4. The molecule has 2 aromatic heterocycles. The number of nitrogens with zero attached hydrogens (tertiary/aromatic N) is 3. The van der Waals surface area contributed by atoms with E-state index >= 15 is 0 Å². The molecule has 1 amide bonds. The number of oxazole rings is 1. The second-order valence-electron chi connectivity index (χ2n) is 8.17. The van der Waals surface area contributed by atoms with Gasteiger partial charge in [0.05, 0.1) is 0 Å². The van der Waals surface area contributed by atoms with Crippen LogP contribution < -0.4 is 4.90 Å². The van der Waals surface area contributed by atoms with Crippen LogP contribution in [0, 0.1) is 11.3 Å². The summed E-state index contributed by atoms with van der Waals surface area (Å²) in [6.45, 7) is 2.22. The number of likely N-dealkylation sites (tertiary alicyclic amines) is 1. The Morgan fingerprint density at radius 3 is 2.69 bits per heavy atom. The zero-order valence-corrected chi connectivity index (χ0v) is 17.3. The molecule has 0 spiro atoms. The minimum atomic E-state index is -0.812. The molecule has 5 rings (SSSR count). The van der Waals surface area contributed by atoms with Crippen LogP contribution in [0.1, 0.15) is 23.3 Å². The van der Waals surface area contributed by atoms with Crippen LogP contribution in [0.4, 0.5) is 6.01 Å². The Morgan fingerprint density at radius 2 is 2.00 bits per heavy atom. The Labute approximate surface area is 183 Å². The van der Waals surface area contributed by atoms with Crippen LogP contribution in [0.5, 0.6) is 0 Å². The maximum absolute atomic E-state index is 12.8. The van der Waals surface area contributed by atoms with Gasteiger partial charge < -0.3 is 29.4 Å². The Kier molecular flexibility index (Phi) is 5.85. The molecule has 0 radical (unpaired) electrons. The van der Waals surface area contributed by atoms with Crippen molar-refractivity contribution in [1.29, 1.82) is 0 Å². The van der Waals surface area contributed by atoms with Crippen molar-refractivity contribution in [3.8, 4) is 0 Å². The maximum atomic E-state index is 12.8. The number of carboxylic acid groups (broad SMARTS) is 2. The molecule has 2 atom stereocenters. The number of anilines is 1. The number of carbonyl (C=O) groups is 3. The third-order valence-electron chi connectivity index (χ3n) is 6.26. The van der Waals surface area contributed by atoms with Crippen LogP contribution in [0.2, 0.25) is 0 Å². The van der Waals surface area contributed by atoms with Gasteiger partial charge in [-0.3, -0.25) is 14.4 Å². The molecule has 10 heteroatoms.